The lowest BCUT2D eigenvalue weighted by atomic mass is 10.1. The van der Waals surface area contributed by atoms with E-state index in [2.05, 4.69) is 54.6 Å². The van der Waals surface area contributed by atoms with Crippen molar-refractivity contribution in [2.24, 2.45) is 7.05 Å². The normalized spacial score (nSPS) is 12.3. The van der Waals surface area contributed by atoms with E-state index in [1.54, 1.807) is 0 Å². The van der Waals surface area contributed by atoms with E-state index < -0.39 is 0 Å². The van der Waals surface area contributed by atoms with E-state index in [4.69, 9.17) is 5.73 Å². The number of aromatic nitrogens is 2. The van der Waals surface area contributed by atoms with Crippen molar-refractivity contribution >= 4 is 11.5 Å². The number of aryl methyl sites for hydroxylation is 3. The Kier molecular flexibility index (Phi) is 5.26. The number of anilines is 2. The second-order valence-electron chi connectivity index (χ2n) is 5.65. The van der Waals surface area contributed by atoms with Gasteiger partial charge < -0.3 is 11.1 Å². The van der Waals surface area contributed by atoms with Crippen LogP contribution in [0.3, 0.4) is 0 Å². The SMILES string of the molecule is CCCc1nn(C)c(NC(C)CCc2ccccc2)c1N. The standard InChI is InChI=1S/C17H26N4/c1-4-8-15-16(18)17(21(3)20-15)19-13(2)11-12-14-9-6-5-7-10-14/h5-7,9-10,13,19H,4,8,11-12,18H2,1-3H3. The highest BCUT2D eigenvalue weighted by Crippen LogP contribution is 2.24. The molecule has 2 aromatic rings. The summed E-state index contributed by atoms with van der Waals surface area (Å²) in [7, 11) is 1.95. The van der Waals surface area contributed by atoms with Gasteiger partial charge in [0.2, 0.25) is 0 Å². The van der Waals surface area contributed by atoms with Crippen LogP contribution in [0.2, 0.25) is 0 Å². The van der Waals surface area contributed by atoms with Crippen molar-refractivity contribution in [1.82, 2.24) is 9.78 Å². The van der Waals surface area contributed by atoms with Crippen LogP contribution in [0.5, 0.6) is 0 Å². The maximum absolute atomic E-state index is 6.20. The van der Waals surface area contributed by atoms with Gasteiger partial charge in [-0.25, -0.2) is 0 Å². The van der Waals surface area contributed by atoms with Gasteiger partial charge in [-0.2, -0.15) is 5.10 Å². The molecule has 0 amide bonds. The van der Waals surface area contributed by atoms with E-state index >= 15 is 0 Å². The summed E-state index contributed by atoms with van der Waals surface area (Å²) in [6, 6.07) is 10.9. The monoisotopic (exact) mass is 286 g/mol. The van der Waals surface area contributed by atoms with Crippen molar-refractivity contribution < 1.29 is 0 Å². The van der Waals surface area contributed by atoms with Gasteiger partial charge in [-0.3, -0.25) is 4.68 Å². The van der Waals surface area contributed by atoms with Crippen LogP contribution in [0.1, 0.15) is 37.9 Å². The van der Waals surface area contributed by atoms with E-state index in [1.165, 1.54) is 5.56 Å². The third-order valence-corrected chi connectivity index (χ3v) is 3.74. The fourth-order valence-electron chi connectivity index (χ4n) is 2.52. The molecule has 2 rings (SSSR count). The van der Waals surface area contributed by atoms with Crippen molar-refractivity contribution in [2.75, 3.05) is 11.1 Å². The number of nitrogens with zero attached hydrogens (tertiary/aromatic N) is 2. The molecule has 1 heterocycles. The molecule has 0 saturated heterocycles. The maximum Gasteiger partial charge on any atom is 0.147 e. The van der Waals surface area contributed by atoms with Crippen LogP contribution < -0.4 is 11.1 Å². The minimum absolute atomic E-state index is 0.359. The Bertz CT molecular complexity index is 560. The van der Waals surface area contributed by atoms with Crippen LogP contribution in [0.15, 0.2) is 30.3 Å². The summed E-state index contributed by atoms with van der Waals surface area (Å²) in [5.74, 6) is 0.944. The Labute approximate surface area is 127 Å². The highest BCUT2D eigenvalue weighted by molar-refractivity contribution is 5.65. The van der Waals surface area contributed by atoms with Crippen LogP contribution in [0.4, 0.5) is 11.5 Å². The lowest BCUT2D eigenvalue weighted by Gasteiger charge is -2.16. The largest absolute Gasteiger partial charge is 0.394 e. The summed E-state index contributed by atoms with van der Waals surface area (Å²) in [6.45, 7) is 4.33. The van der Waals surface area contributed by atoms with Gasteiger partial charge in [0.15, 0.2) is 0 Å². The molecule has 0 saturated carbocycles. The van der Waals surface area contributed by atoms with E-state index in [-0.39, 0.29) is 0 Å². The van der Waals surface area contributed by atoms with Gasteiger partial charge in [-0.15, -0.1) is 0 Å². The minimum Gasteiger partial charge on any atom is -0.394 e. The number of benzene rings is 1. The van der Waals surface area contributed by atoms with Crippen molar-refractivity contribution in [2.45, 2.75) is 45.6 Å². The Hall–Kier alpha value is -1.97. The molecule has 114 valence electrons. The molecule has 4 nitrogen and oxygen atoms in total. The van der Waals surface area contributed by atoms with Crippen molar-refractivity contribution in [3.8, 4) is 0 Å². The predicted molar refractivity (Wildman–Crippen MR) is 89.5 cm³/mol. The number of hydrogen-bond donors (Lipinski definition) is 2. The van der Waals surface area contributed by atoms with Crippen molar-refractivity contribution in [3.63, 3.8) is 0 Å². The first-order valence-corrected chi connectivity index (χ1v) is 7.73. The van der Waals surface area contributed by atoms with Crippen LogP contribution in [0, 0.1) is 0 Å². The second kappa shape index (κ2) is 7.16. The zero-order valence-electron chi connectivity index (χ0n) is 13.3. The highest BCUT2D eigenvalue weighted by atomic mass is 15.3. The van der Waals surface area contributed by atoms with Crippen LogP contribution in [0.25, 0.3) is 0 Å². The molecule has 1 aromatic carbocycles. The average molecular weight is 286 g/mol. The molecule has 1 unspecified atom stereocenters. The Morgan fingerprint density at radius 2 is 1.95 bits per heavy atom. The van der Waals surface area contributed by atoms with Gasteiger partial charge >= 0.3 is 0 Å². The molecule has 21 heavy (non-hydrogen) atoms. The molecule has 1 aromatic heterocycles. The molecule has 0 bridgehead atoms. The molecular weight excluding hydrogens is 260 g/mol. The zero-order valence-corrected chi connectivity index (χ0v) is 13.3. The van der Waals surface area contributed by atoms with E-state index in [0.29, 0.717) is 6.04 Å². The third kappa shape index (κ3) is 4.00. The van der Waals surface area contributed by atoms with Crippen LogP contribution >= 0.6 is 0 Å². The Morgan fingerprint density at radius 1 is 1.24 bits per heavy atom. The first kappa shape index (κ1) is 15.4. The summed E-state index contributed by atoms with van der Waals surface area (Å²) >= 11 is 0. The van der Waals surface area contributed by atoms with Gasteiger partial charge in [-0.05, 0) is 31.7 Å². The van der Waals surface area contributed by atoms with Crippen LogP contribution in [-0.2, 0) is 19.9 Å². The number of nitrogens with two attached hydrogens (primary N) is 1. The fourth-order valence-corrected chi connectivity index (χ4v) is 2.52. The first-order valence-electron chi connectivity index (χ1n) is 7.73. The highest BCUT2D eigenvalue weighted by Gasteiger charge is 2.14. The topological polar surface area (TPSA) is 55.9 Å². The van der Waals surface area contributed by atoms with E-state index in [1.807, 2.05) is 11.7 Å². The molecule has 0 aliphatic heterocycles. The summed E-state index contributed by atoms with van der Waals surface area (Å²) < 4.78 is 1.86. The van der Waals surface area contributed by atoms with E-state index in [9.17, 15) is 0 Å². The van der Waals surface area contributed by atoms with Gasteiger partial charge in [-0.1, -0.05) is 43.7 Å². The number of rotatable bonds is 7. The van der Waals surface area contributed by atoms with Crippen molar-refractivity contribution in [3.05, 3.63) is 41.6 Å². The molecule has 3 N–H and O–H groups in total. The third-order valence-electron chi connectivity index (χ3n) is 3.74. The minimum atomic E-state index is 0.359. The first-order chi connectivity index (χ1) is 10.1. The predicted octanol–water partition coefficient (Wildman–Crippen LogP) is 3.39. The maximum atomic E-state index is 6.20. The quantitative estimate of drug-likeness (QED) is 0.820. The lowest BCUT2D eigenvalue weighted by Crippen LogP contribution is -2.19. The zero-order chi connectivity index (χ0) is 15.2. The fraction of sp³-hybridized carbons (Fsp3) is 0.471. The van der Waals surface area contributed by atoms with E-state index in [0.717, 1.165) is 42.9 Å². The van der Waals surface area contributed by atoms with Gasteiger partial charge in [0, 0.05) is 13.1 Å². The number of nitrogens with one attached hydrogen (secondary N) is 1. The van der Waals surface area contributed by atoms with Gasteiger partial charge in [0.1, 0.15) is 5.82 Å². The molecule has 0 aliphatic carbocycles. The second-order valence-corrected chi connectivity index (χ2v) is 5.65. The average Bonchev–Trinajstić information content (AvgIpc) is 2.74. The van der Waals surface area contributed by atoms with Gasteiger partial charge in [0.25, 0.3) is 0 Å². The summed E-state index contributed by atoms with van der Waals surface area (Å²) in [5.41, 5.74) is 9.37. The summed E-state index contributed by atoms with van der Waals surface area (Å²) in [4.78, 5) is 0. The molecular formula is C17H26N4. The molecule has 0 aliphatic rings. The number of hydrogen-bond acceptors (Lipinski definition) is 3. The summed E-state index contributed by atoms with van der Waals surface area (Å²) in [6.07, 6.45) is 4.12. The molecule has 0 spiro atoms. The lowest BCUT2D eigenvalue weighted by molar-refractivity contribution is 0.679. The number of nitrogen functional groups attached to an aromatic ring is 1. The summed E-state index contributed by atoms with van der Waals surface area (Å²) in [5, 5.41) is 8.00. The van der Waals surface area contributed by atoms with Crippen LogP contribution in [-0.4, -0.2) is 15.8 Å². The molecule has 1 atom stereocenters. The van der Waals surface area contributed by atoms with Gasteiger partial charge in [0.05, 0.1) is 11.4 Å². The molecule has 0 radical (unpaired) electrons. The molecule has 0 fully saturated rings. The smallest absolute Gasteiger partial charge is 0.147 e. The Morgan fingerprint density at radius 3 is 2.62 bits per heavy atom. The van der Waals surface area contributed by atoms with Crippen molar-refractivity contribution in [1.29, 1.82) is 0 Å². The Balaban J connectivity index is 1.95. The molecule has 4 heteroatoms.